The van der Waals surface area contributed by atoms with Crippen LogP contribution in [0.4, 0.5) is 17.3 Å². The van der Waals surface area contributed by atoms with Gasteiger partial charge in [0.25, 0.3) is 0 Å². The summed E-state index contributed by atoms with van der Waals surface area (Å²) >= 11 is 0. The van der Waals surface area contributed by atoms with Crippen LogP contribution in [-0.2, 0) is 0 Å². The summed E-state index contributed by atoms with van der Waals surface area (Å²) in [7, 11) is 0. The van der Waals surface area contributed by atoms with E-state index in [9.17, 15) is 17.3 Å². The molecular weight excluding hydrogens is 223 g/mol. The number of halogens is 4. The van der Waals surface area contributed by atoms with Crippen LogP contribution in [0.15, 0.2) is 18.2 Å². The van der Waals surface area contributed by atoms with Crippen LogP contribution in [-0.4, -0.2) is 13.6 Å². The van der Waals surface area contributed by atoms with E-state index in [4.69, 9.17) is 4.74 Å². The first-order valence-electron chi connectivity index (χ1n) is 5.09. The van der Waals surface area contributed by atoms with Crippen LogP contribution in [0.3, 0.4) is 0 Å². The predicted octanol–water partition coefficient (Wildman–Crippen LogP) is 2.67. The molecule has 0 bridgehead atoms. The van der Waals surface area contributed by atoms with Crippen molar-refractivity contribution in [2.75, 3.05) is 6.61 Å². The third-order valence-electron chi connectivity index (χ3n) is 2.51. The second-order valence-electron chi connectivity index (χ2n) is 4.01. The van der Waals surface area contributed by atoms with Gasteiger partial charge in [0.15, 0.2) is 0 Å². The highest BCUT2D eigenvalue weighted by molar-refractivity contribution is 6.73. The SMILES string of the molecule is Fc1cc(OCC2CC2)ccc1[B-](F)(F)F. The van der Waals surface area contributed by atoms with E-state index in [2.05, 4.69) is 0 Å². The van der Waals surface area contributed by atoms with Crippen molar-refractivity contribution in [1.29, 1.82) is 0 Å². The Morgan fingerprint density at radius 3 is 2.44 bits per heavy atom. The second-order valence-corrected chi connectivity index (χ2v) is 4.01. The Hall–Kier alpha value is -1.20. The van der Waals surface area contributed by atoms with Gasteiger partial charge in [-0.15, -0.1) is 0 Å². The van der Waals surface area contributed by atoms with Gasteiger partial charge in [0.1, 0.15) is 5.75 Å². The lowest BCUT2D eigenvalue weighted by Crippen LogP contribution is -2.36. The maximum absolute atomic E-state index is 13.1. The molecule has 2 rings (SSSR count). The first kappa shape index (κ1) is 11.3. The molecule has 0 saturated heterocycles. The zero-order valence-corrected chi connectivity index (χ0v) is 8.43. The largest absolute Gasteiger partial charge is 0.512 e. The summed E-state index contributed by atoms with van der Waals surface area (Å²) < 4.78 is 55.1. The lowest BCUT2D eigenvalue weighted by Gasteiger charge is -2.16. The van der Waals surface area contributed by atoms with Crippen LogP contribution in [0.1, 0.15) is 12.8 Å². The molecule has 0 N–H and O–H groups in total. The van der Waals surface area contributed by atoms with E-state index >= 15 is 0 Å². The third kappa shape index (κ3) is 2.68. The molecule has 0 spiro atoms. The summed E-state index contributed by atoms with van der Waals surface area (Å²) in [6, 6.07) is 2.69. The highest BCUT2D eigenvalue weighted by Gasteiger charge is 2.29. The molecule has 0 amide bonds. The van der Waals surface area contributed by atoms with Crippen molar-refractivity contribution in [2.24, 2.45) is 5.92 Å². The lowest BCUT2D eigenvalue weighted by molar-refractivity contribution is 0.298. The minimum absolute atomic E-state index is 0.160. The molecule has 0 atom stereocenters. The van der Waals surface area contributed by atoms with Gasteiger partial charge < -0.3 is 17.7 Å². The van der Waals surface area contributed by atoms with Crippen molar-refractivity contribution >= 4 is 12.4 Å². The fourth-order valence-corrected chi connectivity index (χ4v) is 1.36. The third-order valence-corrected chi connectivity index (χ3v) is 2.51. The van der Waals surface area contributed by atoms with E-state index < -0.39 is 18.3 Å². The summed E-state index contributed by atoms with van der Waals surface area (Å²) in [5.74, 6) is -0.622. The average molecular weight is 233 g/mol. The van der Waals surface area contributed by atoms with Crippen molar-refractivity contribution in [3.8, 4) is 5.75 Å². The zero-order chi connectivity index (χ0) is 11.8. The van der Waals surface area contributed by atoms with E-state index in [0.29, 0.717) is 12.5 Å². The molecule has 1 nitrogen and oxygen atoms in total. The van der Waals surface area contributed by atoms with E-state index in [0.717, 1.165) is 31.0 Å². The molecule has 0 unspecified atom stereocenters. The molecule has 1 aromatic carbocycles. The Morgan fingerprint density at radius 1 is 1.25 bits per heavy atom. The standard InChI is InChI=1S/C10H10BF4O/c12-10-5-8(16-6-7-1-2-7)3-4-9(10)11(13,14)15/h3-5,7H,1-2,6H2/q-1. The molecule has 16 heavy (non-hydrogen) atoms. The highest BCUT2D eigenvalue weighted by atomic mass is 19.4. The molecule has 0 aliphatic heterocycles. The van der Waals surface area contributed by atoms with Gasteiger partial charge in [-0.05, 0) is 24.8 Å². The predicted molar refractivity (Wildman–Crippen MR) is 53.3 cm³/mol. The van der Waals surface area contributed by atoms with Crippen LogP contribution in [0.5, 0.6) is 5.75 Å². The smallest absolute Gasteiger partial charge is 0.493 e. The van der Waals surface area contributed by atoms with Gasteiger partial charge in [0, 0.05) is 6.07 Å². The maximum Gasteiger partial charge on any atom is 0.512 e. The molecule has 1 saturated carbocycles. The number of hydrogen-bond donors (Lipinski definition) is 0. The van der Waals surface area contributed by atoms with E-state index in [1.54, 1.807) is 0 Å². The topological polar surface area (TPSA) is 9.23 Å². The molecule has 1 aliphatic carbocycles. The van der Waals surface area contributed by atoms with Crippen molar-refractivity contribution in [1.82, 2.24) is 0 Å². The van der Waals surface area contributed by atoms with E-state index in [1.807, 2.05) is 0 Å². The summed E-state index contributed by atoms with van der Waals surface area (Å²) in [6.45, 7) is -4.83. The van der Waals surface area contributed by atoms with Crippen LogP contribution in [0, 0.1) is 11.7 Å². The molecule has 1 aliphatic rings. The first-order chi connectivity index (χ1) is 7.47. The summed E-state index contributed by atoms with van der Waals surface area (Å²) in [6.07, 6.45) is 2.15. The van der Waals surface area contributed by atoms with Crippen LogP contribution in [0.2, 0.25) is 0 Å². The summed E-state index contributed by atoms with van der Waals surface area (Å²) in [5.41, 5.74) is -1.20. The van der Waals surface area contributed by atoms with E-state index in [-0.39, 0.29) is 5.75 Å². The second kappa shape index (κ2) is 3.99. The molecule has 1 aromatic rings. The summed E-state index contributed by atoms with van der Waals surface area (Å²) in [4.78, 5) is 0. The Labute approximate surface area is 90.5 Å². The van der Waals surface area contributed by atoms with Crippen LogP contribution >= 0.6 is 0 Å². The molecule has 0 radical (unpaired) electrons. The van der Waals surface area contributed by atoms with Crippen molar-refractivity contribution in [2.45, 2.75) is 12.8 Å². The fourth-order valence-electron chi connectivity index (χ4n) is 1.36. The van der Waals surface area contributed by atoms with Gasteiger partial charge in [-0.2, -0.15) is 0 Å². The van der Waals surface area contributed by atoms with Gasteiger partial charge in [-0.1, -0.05) is 11.5 Å². The minimum atomic E-state index is -5.29. The van der Waals surface area contributed by atoms with E-state index in [1.165, 1.54) is 0 Å². The Balaban J connectivity index is 2.08. The summed E-state index contributed by atoms with van der Waals surface area (Å²) in [5, 5.41) is 0. The quantitative estimate of drug-likeness (QED) is 0.573. The number of hydrogen-bond acceptors (Lipinski definition) is 1. The number of ether oxygens (including phenoxy) is 1. The molecule has 0 heterocycles. The zero-order valence-electron chi connectivity index (χ0n) is 8.43. The Kier molecular flexibility index (Phi) is 2.82. The average Bonchev–Trinajstić information content (AvgIpc) is 2.96. The van der Waals surface area contributed by atoms with Crippen molar-refractivity contribution < 1.29 is 22.1 Å². The number of benzene rings is 1. The van der Waals surface area contributed by atoms with Gasteiger partial charge in [0.2, 0.25) is 0 Å². The molecule has 0 aromatic heterocycles. The Morgan fingerprint density at radius 2 is 1.94 bits per heavy atom. The van der Waals surface area contributed by atoms with Gasteiger partial charge in [-0.25, -0.2) is 4.39 Å². The molecule has 88 valence electrons. The normalized spacial score (nSPS) is 16.2. The Bertz CT molecular complexity index is 387. The molecule has 6 heteroatoms. The van der Waals surface area contributed by atoms with Crippen LogP contribution < -0.4 is 10.2 Å². The first-order valence-corrected chi connectivity index (χ1v) is 5.09. The highest BCUT2D eigenvalue weighted by Crippen LogP contribution is 2.29. The van der Waals surface area contributed by atoms with Crippen molar-refractivity contribution in [3.05, 3.63) is 24.0 Å². The van der Waals surface area contributed by atoms with Gasteiger partial charge in [-0.3, -0.25) is 0 Å². The number of rotatable bonds is 4. The monoisotopic (exact) mass is 233 g/mol. The van der Waals surface area contributed by atoms with Crippen LogP contribution in [0.25, 0.3) is 0 Å². The van der Waals surface area contributed by atoms with Gasteiger partial charge in [0.05, 0.1) is 12.4 Å². The lowest BCUT2D eigenvalue weighted by atomic mass is 9.80. The molecular formula is C10H10BF4O-. The van der Waals surface area contributed by atoms with Crippen molar-refractivity contribution in [3.63, 3.8) is 0 Å². The fraction of sp³-hybridized carbons (Fsp3) is 0.400. The van der Waals surface area contributed by atoms with Gasteiger partial charge >= 0.3 is 6.98 Å². The minimum Gasteiger partial charge on any atom is -0.493 e. The maximum atomic E-state index is 13.1. The molecule has 1 fully saturated rings.